The Labute approximate surface area is 150 Å². The molecule has 0 aromatic heterocycles. The van der Waals surface area contributed by atoms with E-state index in [9.17, 15) is 4.79 Å². The van der Waals surface area contributed by atoms with E-state index < -0.39 is 5.66 Å². The van der Waals surface area contributed by atoms with E-state index >= 15 is 0 Å². The summed E-state index contributed by atoms with van der Waals surface area (Å²) in [7, 11) is 0. The second-order valence-corrected chi connectivity index (χ2v) is 7.75. The van der Waals surface area contributed by atoms with Crippen LogP contribution >= 0.6 is 15.9 Å². The summed E-state index contributed by atoms with van der Waals surface area (Å²) in [5, 5.41) is 3.24. The summed E-state index contributed by atoms with van der Waals surface area (Å²) in [6.07, 6.45) is 4.23. The lowest BCUT2D eigenvalue weighted by Crippen LogP contribution is -2.58. The highest BCUT2D eigenvalue weighted by molar-refractivity contribution is 9.10. The largest absolute Gasteiger partial charge is 0.335 e. The van der Waals surface area contributed by atoms with Crippen LogP contribution in [0.1, 0.15) is 25.0 Å². The number of carbonyl (C=O) groups excluding carboxylic acids is 1. The monoisotopic (exact) mass is 382 g/mol. The summed E-state index contributed by atoms with van der Waals surface area (Å²) in [6.45, 7) is 4.78. The Balaban J connectivity index is 1.86. The van der Waals surface area contributed by atoms with Crippen molar-refractivity contribution in [3.05, 3.63) is 70.2 Å². The van der Waals surface area contributed by atoms with Gasteiger partial charge >= 0.3 is 0 Å². The molecule has 0 radical (unpaired) electrons. The molecule has 1 atom stereocenters. The second-order valence-electron chi connectivity index (χ2n) is 6.90. The third-order valence-corrected chi connectivity index (χ3v) is 6.01. The molecule has 24 heavy (non-hydrogen) atoms. The van der Waals surface area contributed by atoms with Crippen LogP contribution in [0.15, 0.2) is 59.1 Å². The number of carbonyl (C=O) groups is 1. The number of anilines is 1. The number of nitrogens with zero attached hydrogens (tertiary/aromatic N) is 1. The highest BCUT2D eigenvalue weighted by Gasteiger charge is 2.59. The SMILES string of the molecule is CC1(C)c2ccccc2N2CC(=O)NC21/C=C/c1ccccc1Br. The minimum atomic E-state index is -0.539. The van der Waals surface area contributed by atoms with Gasteiger partial charge in [0.1, 0.15) is 5.66 Å². The standard InChI is InChI=1S/C20H19BrN2O/c1-19(2)15-8-4-6-10-17(15)23-13-18(24)22-20(19,23)12-11-14-7-3-5-9-16(14)21/h3-12H,13H2,1-2H3,(H,22,24)/b12-11+. The number of benzene rings is 2. The maximum Gasteiger partial charge on any atom is 0.241 e. The minimum absolute atomic E-state index is 0.0642. The summed E-state index contributed by atoms with van der Waals surface area (Å²) < 4.78 is 1.04. The average molecular weight is 383 g/mol. The van der Waals surface area contributed by atoms with E-state index in [2.05, 4.69) is 76.4 Å². The molecule has 3 nitrogen and oxygen atoms in total. The molecule has 4 rings (SSSR count). The Hall–Kier alpha value is -2.07. The van der Waals surface area contributed by atoms with Gasteiger partial charge in [-0.05, 0) is 29.3 Å². The van der Waals surface area contributed by atoms with Crippen LogP contribution in [0, 0.1) is 0 Å². The van der Waals surface area contributed by atoms with Gasteiger partial charge in [0.2, 0.25) is 5.91 Å². The van der Waals surface area contributed by atoms with Crippen molar-refractivity contribution in [2.75, 3.05) is 11.4 Å². The molecule has 1 N–H and O–H groups in total. The lowest BCUT2D eigenvalue weighted by Gasteiger charge is -2.40. The molecule has 2 aromatic rings. The maximum absolute atomic E-state index is 12.2. The van der Waals surface area contributed by atoms with Crippen LogP contribution in [0.3, 0.4) is 0 Å². The second kappa shape index (κ2) is 5.21. The van der Waals surface area contributed by atoms with Crippen molar-refractivity contribution in [1.82, 2.24) is 5.32 Å². The van der Waals surface area contributed by atoms with E-state index in [0.717, 1.165) is 15.7 Å². The van der Waals surface area contributed by atoms with E-state index in [1.54, 1.807) is 0 Å². The van der Waals surface area contributed by atoms with Crippen molar-refractivity contribution in [1.29, 1.82) is 0 Å². The van der Waals surface area contributed by atoms with Crippen molar-refractivity contribution in [2.24, 2.45) is 0 Å². The predicted octanol–water partition coefficient (Wildman–Crippen LogP) is 4.09. The molecule has 1 unspecified atom stereocenters. The first kappa shape index (κ1) is 15.5. The fourth-order valence-corrected chi connectivity index (χ4v) is 4.38. The Kier molecular flexibility index (Phi) is 3.36. The Bertz CT molecular complexity index is 858. The number of halogens is 1. The third-order valence-electron chi connectivity index (χ3n) is 5.29. The summed E-state index contributed by atoms with van der Waals surface area (Å²) >= 11 is 3.59. The first-order valence-electron chi connectivity index (χ1n) is 8.08. The van der Waals surface area contributed by atoms with Gasteiger partial charge in [-0.2, -0.15) is 0 Å². The fourth-order valence-electron chi connectivity index (χ4n) is 3.96. The smallest absolute Gasteiger partial charge is 0.241 e. The van der Waals surface area contributed by atoms with E-state index in [1.165, 1.54) is 5.56 Å². The van der Waals surface area contributed by atoms with Crippen LogP contribution in [0.2, 0.25) is 0 Å². The van der Waals surface area contributed by atoms with Crippen LogP contribution in [-0.4, -0.2) is 18.1 Å². The summed E-state index contributed by atoms with van der Waals surface area (Å²) in [5.74, 6) is 0.0642. The van der Waals surface area contributed by atoms with Crippen molar-refractivity contribution in [2.45, 2.75) is 24.9 Å². The Morgan fingerprint density at radius 2 is 1.83 bits per heavy atom. The highest BCUT2D eigenvalue weighted by Crippen LogP contribution is 2.52. The Morgan fingerprint density at radius 3 is 2.62 bits per heavy atom. The van der Waals surface area contributed by atoms with Gasteiger partial charge in [0.25, 0.3) is 0 Å². The zero-order valence-corrected chi connectivity index (χ0v) is 15.3. The molecule has 0 spiro atoms. The number of para-hydroxylation sites is 1. The van der Waals surface area contributed by atoms with Gasteiger partial charge in [-0.25, -0.2) is 0 Å². The quantitative estimate of drug-likeness (QED) is 0.848. The molecule has 122 valence electrons. The number of fused-ring (bicyclic) bond motifs is 3. The number of nitrogens with one attached hydrogen (secondary N) is 1. The van der Waals surface area contributed by atoms with Crippen molar-refractivity contribution < 1.29 is 4.79 Å². The van der Waals surface area contributed by atoms with Crippen LogP contribution < -0.4 is 10.2 Å². The third kappa shape index (κ3) is 1.99. The van der Waals surface area contributed by atoms with Crippen molar-refractivity contribution in [3.63, 3.8) is 0 Å². The van der Waals surface area contributed by atoms with Crippen LogP contribution in [-0.2, 0) is 10.2 Å². The van der Waals surface area contributed by atoms with Crippen molar-refractivity contribution >= 4 is 33.6 Å². The lowest BCUT2D eigenvalue weighted by atomic mass is 9.75. The summed E-state index contributed by atoms with van der Waals surface area (Å²) in [5.41, 5.74) is 2.73. The van der Waals surface area contributed by atoms with E-state index in [1.807, 2.05) is 24.3 Å². The topological polar surface area (TPSA) is 32.3 Å². The molecular formula is C20H19BrN2O. The maximum atomic E-state index is 12.2. The molecule has 1 amide bonds. The predicted molar refractivity (Wildman–Crippen MR) is 101 cm³/mol. The van der Waals surface area contributed by atoms with E-state index in [4.69, 9.17) is 0 Å². The first-order chi connectivity index (χ1) is 11.5. The molecular weight excluding hydrogens is 364 g/mol. The van der Waals surface area contributed by atoms with Gasteiger partial charge in [-0.15, -0.1) is 0 Å². The molecule has 2 aromatic carbocycles. The molecule has 1 saturated heterocycles. The summed E-state index contributed by atoms with van der Waals surface area (Å²) in [6, 6.07) is 16.5. The van der Waals surface area contributed by atoms with Gasteiger partial charge < -0.3 is 10.2 Å². The molecule has 1 fully saturated rings. The Morgan fingerprint density at radius 1 is 1.12 bits per heavy atom. The number of rotatable bonds is 2. The van der Waals surface area contributed by atoms with Gasteiger partial charge in [0.05, 0.1) is 6.54 Å². The highest BCUT2D eigenvalue weighted by atomic mass is 79.9. The van der Waals surface area contributed by atoms with Crippen molar-refractivity contribution in [3.8, 4) is 0 Å². The van der Waals surface area contributed by atoms with Gasteiger partial charge in [0.15, 0.2) is 0 Å². The molecule has 0 aliphatic carbocycles. The van der Waals surface area contributed by atoms with Crippen LogP contribution in [0.25, 0.3) is 6.08 Å². The molecule has 2 aliphatic rings. The zero-order chi connectivity index (χ0) is 16.9. The van der Waals surface area contributed by atoms with E-state index in [-0.39, 0.29) is 11.3 Å². The number of hydrogen-bond donors (Lipinski definition) is 1. The fraction of sp³-hybridized carbons (Fsp3) is 0.250. The van der Waals surface area contributed by atoms with Crippen LogP contribution in [0.4, 0.5) is 5.69 Å². The normalized spacial score (nSPS) is 24.1. The molecule has 2 heterocycles. The molecule has 4 heteroatoms. The molecule has 0 bridgehead atoms. The van der Waals surface area contributed by atoms with Gasteiger partial charge in [-0.3, -0.25) is 4.79 Å². The van der Waals surface area contributed by atoms with Gasteiger partial charge in [-0.1, -0.05) is 72.3 Å². The van der Waals surface area contributed by atoms with Crippen LogP contribution in [0.5, 0.6) is 0 Å². The molecule has 2 aliphatic heterocycles. The van der Waals surface area contributed by atoms with E-state index in [0.29, 0.717) is 6.54 Å². The number of hydrogen-bond acceptors (Lipinski definition) is 2. The summed E-state index contributed by atoms with van der Waals surface area (Å²) in [4.78, 5) is 14.4. The first-order valence-corrected chi connectivity index (χ1v) is 8.87. The average Bonchev–Trinajstić information content (AvgIpc) is 2.99. The molecule has 0 saturated carbocycles. The van der Waals surface area contributed by atoms with Gasteiger partial charge in [0, 0.05) is 15.6 Å². The number of amides is 1. The lowest BCUT2D eigenvalue weighted by molar-refractivity contribution is -0.118. The zero-order valence-electron chi connectivity index (χ0n) is 13.7. The minimum Gasteiger partial charge on any atom is -0.335 e.